The van der Waals surface area contributed by atoms with Gasteiger partial charge in [-0.3, -0.25) is 9.36 Å². The van der Waals surface area contributed by atoms with Gasteiger partial charge in [-0.15, -0.1) is 10.2 Å². The topological polar surface area (TPSA) is 81.5 Å². The van der Waals surface area contributed by atoms with Crippen LogP contribution in [0.1, 0.15) is 19.4 Å². The number of aromatic nitrogens is 3. The molecule has 1 aromatic carbocycles. The number of thioether (sulfide) groups is 1. The Hall–Kier alpha value is -2.26. The fourth-order valence-electron chi connectivity index (χ4n) is 3.03. The minimum absolute atomic E-state index is 0.0468. The highest BCUT2D eigenvalue weighted by Gasteiger charge is 2.23. The number of hydrogen-bond acceptors (Lipinski definition) is 7. The number of methoxy groups -OCH3 is 1. The molecule has 1 amide bonds. The Morgan fingerprint density at radius 3 is 2.79 bits per heavy atom. The number of para-hydroxylation sites is 1. The lowest BCUT2D eigenvalue weighted by molar-refractivity contribution is -0.120. The quantitative estimate of drug-likeness (QED) is 0.672. The van der Waals surface area contributed by atoms with Crippen LogP contribution >= 0.6 is 11.8 Å². The number of amides is 1. The Balaban J connectivity index is 1.61. The minimum Gasteiger partial charge on any atom is -0.496 e. The number of carbonyl (C=O) groups excluding carboxylic acids is 1. The molecule has 1 atom stereocenters. The van der Waals surface area contributed by atoms with E-state index in [9.17, 15) is 4.79 Å². The summed E-state index contributed by atoms with van der Waals surface area (Å²) in [4.78, 5) is 14.7. The van der Waals surface area contributed by atoms with Gasteiger partial charge in [0.05, 0.1) is 25.6 Å². The number of ether oxygens (including phenoxy) is 2. The first-order valence-electron chi connectivity index (χ1n) is 9.46. The molecule has 1 aromatic heterocycles. The van der Waals surface area contributed by atoms with Gasteiger partial charge < -0.3 is 19.7 Å². The van der Waals surface area contributed by atoms with Crippen molar-refractivity contribution in [3.05, 3.63) is 29.8 Å². The van der Waals surface area contributed by atoms with Gasteiger partial charge >= 0.3 is 0 Å². The van der Waals surface area contributed by atoms with Gasteiger partial charge in [0.15, 0.2) is 5.16 Å². The molecule has 2 aromatic rings. The number of hydrogen-bond donors (Lipinski definition) is 1. The number of nitrogens with one attached hydrogen (secondary N) is 1. The van der Waals surface area contributed by atoms with E-state index in [1.165, 1.54) is 11.8 Å². The molecule has 9 heteroatoms. The Morgan fingerprint density at radius 1 is 1.32 bits per heavy atom. The van der Waals surface area contributed by atoms with Crippen LogP contribution in [0.2, 0.25) is 0 Å². The third kappa shape index (κ3) is 4.77. The first-order chi connectivity index (χ1) is 13.6. The van der Waals surface area contributed by atoms with Crippen LogP contribution in [0.4, 0.5) is 5.95 Å². The second-order valence-corrected chi connectivity index (χ2v) is 7.72. The van der Waals surface area contributed by atoms with Gasteiger partial charge in [0.2, 0.25) is 11.9 Å². The number of nitrogens with zero attached hydrogens (tertiary/aromatic N) is 4. The summed E-state index contributed by atoms with van der Waals surface area (Å²) in [5.74, 6) is 1.56. The summed E-state index contributed by atoms with van der Waals surface area (Å²) < 4.78 is 12.8. The number of rotatable bonds is 8. The molecule has 3 rings (SSSR count). The van der Waals surface area contributed by atoms with Crippen molar-refractivity contribution in [1.82, 2.24) is 20.1 Å². The second kappa shape index (κ2) is 9.79. The predicted molar refractivity (Wildman–Crippen MR) is 109 cm³/mol. The van der Waals surface area contributed by atoms with Crippen LogP contribution in [0.25, 0.3) is 0 Å². The molecule has 0 unspecified atom stereocenters. The van der Waals surface area contributed by atoms with Crippen molar-refractivity contribution in [2.75, 3.05) is 38.3 Å². The first-order valence-corrected chi connectivity index (χ1v) is 10.3. The minimum atomic E-state index is -0.290. The maximum Gasteiger partial charge on any atom is 0.233 e. The smallest absolute Gasteiger partial charge is 0.233 e. The number of anilines is 1. The average molecular weight is 406 g/mol. The standard InChI is InChI=1S/C19H27N5O3S/c1-4-24-18(23-9-11-27-12-10-23)21-22-19(24)28-14(2)17(25)20-13-15-7-5-6-8-16(15)26-3/h5-8,14H,4,9-13H2,1-3H3,(H,20,25)/t14-/m1/s1. The largest absolute Gasteiger partial charge is 0.496 e. The van der Waals surface area contributed by atoms with Crippen LogP contribution in [0, 0.1) is 0 Å². The van der Waals surface area contributed by atoms with E-state index in [1.54, 1.807) is 7.11 Å². The summed E-state index contributed by atoms with van der Waals surface area (Å²) >= 11 is 1.42. The van der Waals surface area contributed by atoms with Crippen LogP contribution in [0.5, 0.6) is 5.75 Å². The molecule has 1 aliphatic rings. The summed E-state index contributed by atoms with van der Waals surface area (Å²) in [7, 11) is 1.63. The highest BCUT2D eigenvalue weighted by atomic mass is 32.2. The average Bonchev–Trinajstić information content (AvgIpc) is 3.15. The zero-order valence-electron chi connectivity index (χ0n) is 16.6. The van der Waals surface area contributed by atoms with Gasteiger partial charge in [-0.2, -0.15) is 0 Å². The van der Waals surface area contributed by atoms with Crippen LogP contribution in [-0.4, -0.2) is 59.3 Å². The van der Waals surface area contributed by atoms with Crippen molar-refractivity contribution in [1.29, 1.82) is 0 Å². The first kappa shape index (κ1) is 20.5. The lowest BCUT2D eigenvalue weighted by atomic mass is 10.2. The zero-order valence-corrected chi connectivity index (χ0v) is 17.4. The van der Waals surface area contributed by atoms with Crippen molar-refractivity contribution < 1.29 is 14.3 Å². The van der Waals surface area contributed by atoms with Crippen LogP contribution in [-0.2, 0) is 22.6 Å². The molecule has 0 bridgehead atoms. The Morgan fingerprint density at radius 2 is 2.07 bits per heavy atom. The van der Waals surface area contributed by atoms with Gasteiger partial charge in [0.1, 0.15) is 5.75 Å². The van der Waals surface area contributed by atoms with E-state index in [2.05, 4.69) is 31.9 Å². The summed E-state index contributed by atoms with van der Waals surface area (Å²) in [5, 5.41) is 12.1. The van der Waals surface area contributed by atoms with Crippen molar-refractivity contribution in [2.24, 2.45) is 0 Å². The zero-order chi connectivity index (χ0) is 19.9. The third-order valence-corrected chi connectivity index (χ3v) is 5.68. The molecule has 152 valence electrons. The monoisotopic (exact) mass is 405 g/mol. The highest BCUT2D eigenvalue weighted by molar-refractivity contribution is 8.00. The third-order valence-electron chi connectivity index (χ3n) is 4.60. The highest BCUT2D eigenvalue weighted by Crippen LogP contribution is 2.26. The molecule has 0 saturated carbocycles. The molecule has 1 saturated heterocycles. The van der Waals surface area contributed by atoms with Crippen molar-refractivity contribution in [3.63, 3.8) is 0 Å². The molecule has 1 fully saturated rings. The lowest BCUT2D eigenvalue weighted by Gasteiger charge is -2.27. The molecule has 0 aliphatic carbocycles. The van der Waals surface area contributed by atoms with Gasteiger partial charge in [-0.05, 0) is 19.9 Å². The van der Waals surface area contributed by atoms with Crippen molar-refractivity contribution >= 4 is 23.6 Å². The summed E-state index contributed by atoms with van der Waals surface area (Å²) in [6.07, 6.45) is 0. The second-order valence-electron chi connectivity index (χ2n) is 6.42. The SMILES string of the molecule is CCn1c(S[C@H](C)C(=O)NCc2ccccc2OC)nnc1N1CCOCC1. The summed E-state index contributed by atoms with van der Waals surface area (Å²) in [6.45, 7) is 8.11. The van der Waals surface area contributed by atoms with E-state index in [0.29, 0.717) is 19.8 Å². The van der Waals surface area contributed by atoms with Crippen molar-refractivity contribution in [3.8, 4) is 5.75 Å². The number of benzene rings is 1. The van der Waals surface area contributed by atoms with E-state index in [1.807, 2.05) is 31.2 Å². The molecular weight excluding hydrogens is 378 g/mol. The maximum absolute atomic E-state index is 12.6. The van der Waals surface area contributed by atoms with E-state index in [-0.39, 0.29) is 11.2 Å². The maximum atomic E-state index is 12.6. The molecule has 28 heavy (non-hydrogen) atoms. The molecule has 1 N–H and O–H groups in total. The summed E-state index contributed by atoms with van der Waals surface area (Å²) in [6, 6.07) is 7.67. The van der Waals surface area contributed by atoms with Crippen LogP contribution < -0.4 is 15.0 Å². The molecule has 0 spiro atoms. The Labute approximate surface area is 169 Å². The lowest BCUT2D eigenvalue weighted by Crippen LogP contribution is -2.38. The fourth-order valence-corrected chi connectivity index (χ4v) is 3.96. The number of morpholine rings is 1. The molecule has 2 heterocycles. The van der Waals surface area contributed by atoms with Gasteiger partial charge in [0.25, 0.3) is 0 Å². The predicted octanol–water partition coefficient (Wildman–Crippen LogP) is 1.94. The van der Waals surface area contributed by atoms with Crippen molar-refractivity contribution in [2.45, 2.75) is 37.3 Å². The van der Waals surface area contributed by atoms with E-state index < -0.39 is 0 Å². The number of carbonyl (C=O) groups is 1. The molecule has 1 aliphatic heterocycles. The molecular formula is C19H27N5O3S. The van der Waals surface area contributed by atoms with E-state index >= 15 is 0 Å². The van der Waals surface area contributed by atoms with Crippen LogP contribution in [0.15, 0.2) is 29.4 Å². The van der Waals surface area contributed by atoms with Crippen LogP contribution in [0.3, 0.4) is 0 Å². The van der Waals surface area contributed by atoms with Gasteiger partial charge in [-0.1, -0.05) is 30.0 Å². The van der Waals surface area contributed by atoms with E-state index in [4.69, 9.17) is 9.47 Å². The molecule has 0 radical (unpaired) electrons. The summed E-state index contributed by atoms with van der Waals surface area (Å²) in [5.41, 5.74) is 0.946. The Bertz CT molecular complexity index is 792. The molecule has 8 nitrogen and oxygen atoms in total. The van der Waals surface area contributed by atoms with Gasteiger partial charge in [-0.25, -0.2) is 0 Å². The Kier molecular flexibility index (Phi) is 7.16. The normalized spacial score (nSPS) is 15.3. The van der Waals surface area contributed by atoms with Gasteiger partial charge in [0, 0.05) is 31.7 Å². The van der Waals surface area contributed by atoms with E-state index in [0.717, 1.165) is 42.1 Å². The fraction of sp³-hybridized carbons (Fsp3) is 0.526.